The number of rotatable bonds is 6. The van der Waals surface area contributed by atoms with Crippen LogP contribution in [0, 0.1) is 11.7 Å². The predicted octanol–water partition coefficient (Wildman–Crippen LogP) is 5.20. The quantitative estimate of drug-likeness (QED) is 0.501. The molecule has 140 valence electrons. The van der Waals surface area contributed by atoms with Crippen LogP contribution in [0.1, 0.15) is 23.2 Å². The maximum absolute atomic E-state index is 15.0. The number of benzene rings is 2. The molecular weight excluding hydrogens is 441 g/mol. The van der Waals surface area contributed by atoms with Crippen molar-refractivity contribution in [1.29, 1.82) is 0 Å². The monoisotopic (exact) mass is 453 g/mol. The van der Waals surface area contributed by atoms with Gasteiger partial charge in [0.2, 0.25) is 0 Å². The molecule has 1 aromatic heterocycles. The number of hydrogen-bond donors (Lipinski definition) is 2. The largest absolute Gasteiger partial charge is 0.443 e. The predicted molar refractivity (Wildman–Crippen MR) is 103 cm³/mol. The SMILES string of the molecule is O=C(NOCC1CC1)c1cc2ocnc2c(F)c1Nc1ccc(Br)cc1Cl. The van der Waals surface area contributed by atoms with Crippen LogP contribution >= 0.6 is 27.5 Å². The van der Waals surface area contributed by atoms with Gasteiger partial charge in [0, 0.05) is 4.47 Å². The second kappa shape index (κ2) is 7.46. The fourth-order valence-electron chi connectivity index (χ4n) is 2.55. The first-order chi connectivity index (χ1) is 13.0. The van der Waals surface area contributed by atoms with E-state index in [1.165, 1.54) is 6.07 Å². The lowest BCUT2D eigenvalue weighted by atomic mass is 10.1. The first-order valence-electron chi connectivity index (χ1n) is 8.23. The second-order valence-corrected chi connectivity index (χ2v) is 7.57. The van der Waals surface area contributed by atoms with E-state index in [4.69, 9.17) is 20.9 Å². The van der Waals surface area contributed by atoms with Crippen molar-refractivity contribution in [2.24, 2.45) is 5.92 Å². The highest BCUT2D eigenvalue weighted by molar-refractivity contribution is 9.10. The molecule has 0 spiro atoms. The summed E-state index contributed by atoms with van der Waals surface area (Å²) < 4.78 is 21.0. The molecule has 27 heavy (non-hydrogen) atoms. The second-order valence-electron chi connectivity index (χ2n) is 6.25. The molecule has 0 unspecified atom stereocenters. The molecule has 1 fully saturated rings. The highest BCUT2D eigenvalue weighted by Gasteiger charge is 2.24. The summed E-state index contributed by atoms with van der Waals surface area (Å²) in [5.74, 6) is -0.839. The zero-order valence-corrected chi connectivity index (χ0v) is 16.2. The number of aromatic nitrogens is 1. The summed E-state index contributed by atoms with van der Waals surface area (Å²) in [6.45, 7) is 0.431. The third-order valence-electron chi connectivity index (χ3n) is 4.18. The Balaban J connectivity index is 1.69. The maximum Gasteiger partial charge on any atom is 0.277 e. The van der Waals surface area contributed by atoms with Crippen molar-refractivity contribution < 1.29 is 18.4 Å². The van der Waals surface area contributed by atoms with Crippen LogP contribution in [0.5, 0.6) is 0 Å². The Morgan fingerprint density at radius 3 is 2.96 bits per heavy atom. The minimum absolute atomic E-state index is 0.0150. The highest BCUT2D eigenvalue weighted by atomic mass is 79.9. The van der Waals surface area contributed by atoms with E-state index in [1.807, 2.05) is 0 Å². The first kappa shape index (κ1) is 18.2. The van der Waals surface area contributed by atoms with Gasteiger partial charge in [-0.2, -0.15) is 0 Å². The number of hydroxylamine groups is 1. The summed E-state index contributed by atoms with van der Waals surface area (Å²) in [5.41, 5.74) is 2.93. The lowest BCUT2D eigenvalue weighted by Gasteiger charge is -2.14. The molecule has 9 heteroatoms. The van der Waals surface area contributed by atoms with Crippen LogP contribution in [0.3, 0.4) is 0 Å². The Kier molecular flexibility index (Phi) is 5.03. The van der Waals surface area contributed by atoms with E-state index in [2.05, 4.69) is 31.7 Å². The first-order valence-corrected chi connectivity index (χ1v) is 9.40. The molecule has 0 bridgehead atoms. The van der Waals surface area contributed by atoms with Crippen LogP contribution in [0.15, 0.2) is 39.5 Å². The van der Waals surface area contributed by atoms with Gasteiger partial charge in [0.15, 0.2) is 17.8 Å². The third-order valence-corrected chi connectivity index (χ3v) is 4.99. The minimum atomic E-state index is -0.715. The number of carbonyl (C=O) groups is 1. The van der Waals surface area contributed by atoms with E-state index in [1.54, 1.807) is 18.2 Å². The summed E-state index contributed by atoms with van der Waals surface area (Å²) in [4.78, 5) is 21.7. The minimum Gasteiger partial charge on any atom is -0.443 e. The van der Waals surface area contributed by atoms with Crippen molar-refractivity contribution in [3.05, 3.63) is 51.5 Å². The van der Waals surface area contributed by atoms with E-state index in [0.29, 0.717) is 23.2 Å². The summed E-state index contributed by atoms with van der Waals surface area (Å²) in [7, 11) is 0. The van der Waals surface area contributed by atoms with Gasteiger partial charge < -0.3 is 9.73 Å². The fraction of sp³-hybridized carbons (Fsp3) is 0.222. The number of halogens is 3. The molecule has 1 heterocycles. The average Bonchev–Trinajstić information content (AvgIpc) is 3.33. The number of carbonyl (C=O) groups excluding carboxylic acids is 1. The van der Waals surface area contributed by atoms with E-state index in [-0.39, 0.29) is 22.4 Å². The molecule has 1 amide bonds. The average molecular weight is 455 g/mol. The van der Waals surface area contributed by atoms with Crippen LogP contribution in [-0.2, 0) is 4.84 Å². The standard InChI is InChI=1S/C18H14BrClFN3O3/c19-10-3-4-13(12(20)5-10)23-16-11(18(25)24-27-7-9-1-2-9)6-14-17(15(16)21)22-8-26-14/h3-6,8-9,23H,1-2,7H2,(H,24,25). The zero-order chi connectivity index (χ0) is 19.0. The number of anilines is 2. The van der Waals surface area contributed by atoms with E-state index in [0.717, 1.165) is 23.7 Å². The normalized spacial score (nSPS) is 13.7. The van der Waals surface area contributed by atoms with Crippen LogP contribution < -0.4 is 10.8 Å². The Morgan fingerprint density at radius 2 is 2.22 bits per heavy atom. The molecule has 2 aromatic carbocycles. The van der Waals surface area contributed by atoms with Crippen molar-refractivity contribution in [3.8, 4) is 0 Å². The van der Waals surface area contributed by atoms with Crippen molar-refractivity contribution in [3.63, 3.8) is 0 Å². The van der Waals surface area contributed by atoms with Crippen molar-refractivity contribution in [2.45, 2.75) is 12.8 Å². The Labute approximate surface area is 167 Å². The molecule has 1 aliphatic rings. The van der Waals surface area contributed by atoms with E-state index in [9.17, 15) is 4.79 Å². The lowest BCUT2D eigenvalue weighted by Crippen LogP contribution is -2.25. The number of nitrogens with zero attached hydrogens (tertiary/aromatic N) is 1. The molecule has 3 aromatic rings. The van der Waals surface area contributed by atoms with Crippen LogP contribution in [0.25, 0.3) is 11.1 Å². The number of hydrogen-bond acceptors (Lipinski definition) is 5. The van der Waals surface area contributed by atoms with E-state index < -0.39 is 11.7 Å². The van der Waals surface area contributed by atoms with Crippen LogP contribution in [-0.4, -0.2) is 17.5 Å². The summed E-state index contributed by atoms with van der Waals surface area (Å²) in [6.07, 6.45) is 3.29. The van der Waals surface area contributed by atoms with Gasteiger partial charge in [-0.25, -0.2) is 14.9 Å². The van der Waals surface area contributed by atoms with Crippen LogP contribution in [0.2, 0.25) is 5.02 Å². The number of amides is 1. The molecule has 0 saturated heterocycles. The van der Waals surface area contributed by atoms with Gasteiger partial charge >= 0.3 is 0 Å². The summed E-state index contributed by atoms with van der Waals surface area (Å²) in [5, 5.41) is 3.25. The van der Waals surface area contributed by atoms with Gasteiger partial charge in [-0.15, -0.1) is 0 Å². The van der Waals surface area contributed by atoms with Gasteiger partial charge in [-0.1, -0.05) is 27.5 Å². The maximum atomic E-state index is 15.0. The highest BCUT2D eigenvalue weighted by Crippen LogP contribution is 2.34. The molecule has 0 atom stereocenters. The molecule has 6 nitrogen and oxygen atoms in total. The van der Waals surface area contributed by atoms with Gasteiger partial charge in [-0.05, 0) is 43.0 Å². The molecule has 2 N–H and O–H groups in total. The van der Waals surface area contributed by atoms with Crippen molar-refractivity contribution in [2.75, 3.05) is 11.9 Å². The van der Waals surface area contributed by atoms with Gasteiger partial charge in [0.1, 0.15) is 5.52 Å². The van der Waals surface area contributed by atoms with Gasteiger partial charge in [0.05, 0.1) is 28.6 Å². The number of oxazole rings is 1. The Morgan fingerprint density at radius 1 is 1.41 bits per heavy atom. The lowest BCUT2D eigenvalue weighted by molar-refractivity contribution is 0.0271. The topological polar surface area (TPSA) is 76.4 Å². The fourth-order valence-corrected chi connectivity index (χ4v) is 3.27. The molecule has 0 aliphatic heterocycles. The zero-order valence-electron chi connectivity index (χ0n) is 13.9. The van der Waals surface area contributed by atoms with Crippen molar-refractivity contribution in [1.82, 2.24) is 10.5 Å². The van der Waals surface area contributed by atoms with Gasteiger partial charge in [0.25, 0.3) is 5.91 Å². The Bertz CT molecular complexity index is 1020. The van der Waals surface area contributed by atoms with Crippen molar-refractivity contribution >= 4 is 55.9 Å². The number of nitrogens with one attached hydrogen (secondary N) is 2. The molecule has 1 aliphatic carbocycles. The van der Waals surface area contributed by atoms with Gasteiger partial charge in [-0.3, -0.25) is 9.63 Å². The molecule has 1 saturated carbocycles. The third kappa shape index (κ3) is 3.92. The summed E-state index contributed by atoms with van der Waals surface area (Å²) >= 11 is 9.53. The molecule has 4 rings (SSSR count). The number of fused-ring (bicyclic) bond motifs is 1. The van der Waals surface area contributed by atoms with Crippen LogP contribution in [0.4, 0.5) is 15.8 Å². The Hall–Kier alpha value is -2.16. The molecular formula is C18H14BrClFN3O3. The van der Waals surface area contributed by atoms with E-state index >= 15 is 4.39 Å². The smallest absolute Gasteiger partial charge is 0.277 e. The summed E-state index contributed by atoms with van der Waals surface area (Å²) in [6, 6.07) is 6.49. The molecule has 0 radical (unpaired) electrons.